The highest BCUT2D eigenvalue weighted by molar-refractivity contribution is 5.98. The van der Waals surface area contributed by atoms with E-state index in [4.69, 9.17) is 4.42 Å². The fraction of sp³-hybridized carbons (Fsp3) is 0.174. The summed E-state index contributed by atoms with van der Waals surface area (Å²) >= 11 is 0. The Morgan fingerprint density at radius 3 is 2.70 bits per heavy atom. The maximum atomic E-state index is 13.2. The van der Waals surface area contributed by atoms with Crippen molar-refractivity contribution in [3.63, 3.8) is 0 Å². The standard InChI is InChI=1S/C23H22N2O2/c26-23(20-10-11-22-19(16-20)12-13-24-22)25(17-21-9-5-15-27-21)14-4-8-18-6-2-1-3-7-18/h1-3,5-7,9-13,15-16,24H,4,8,14,17H2. The Balaban J connectivity index is 1.50. The van der Waals surface area contributed by atoms with Crippen LogP contribution in [0.2, 0.25) is 0 Å². The minimum Gasteiger partial charge on any atom is -0.467 e. The number of hydrogen-bond acceptors (Lipinski definition) is 2. The van der Waals surface area contributed by atoms with Gasteiger partial charge in [0.15, 0.2) is 0 Å². The maximum absolute atomic E-state index is 13.2. The largest absolute Gasteiger partial charge is 0.467 e. The number of aryl methyl sites for hydroxylation is 1. The van der Waals surface area contributed by atoms with Crippen LogP contribution in [-0.2, 0) is 13.0 Å². The Kier molecular flexibility index (Phi) is 5.06. The SMILES string of the molecule is O=C(c1ccc2[nH]ccc2c1)N(CCCc1ccccc1)Cc1ccco1. The molecule has 4 rings (SSSR count). The Hall–Kier alpha value is -3.27. The predicted octanol–water partition coefficient (Wildman–Crippen LogP) is 5.04. The molecule has 0 spiro atoms. The van der Waals surface area contributed by atoms with Gasteiger partial charge in [-0.15, -0.1) is 0 Å². The quantitative estimate of drug-likeness (QED) is 0.503. The summed E-state index contributed by atoms with van der Waals surface area (Å²) in [6.45, 7) is 1.16. The maximum Gasteiger partial charge on any atom is 0.254 e. The average molecular weight is 358 g/mol. The molecule has 4 aromatic rings. The van der Waals surface area contributed by atoms with E-state index in [1.165, 1.54) is 5.56 Å². The van der Waals surface area contributed by atoms with E-state index in [-0.39, 0.29) is 5.91 Å². The normalized spacial score (nSPS) is 11.0. The molecule has 4 heteroatoms. The van der Waals surface area contributed by atoms with Crippen LogP contribution < -0.4 is 0 Å². The van der Waals surface area contributed by atoms with Crippen molar-refractivity contribution in [3.05, 3.63) is 96.1 Å². The van der Waals surface area contributed by atoms with Crippen LogP contribution in [0, 0.1) is 0 Å². The van der Waals surface area contributed by atoms with Gasteiger partial charge in [0.25, 0.3) is 5.91 Å². The van der Waals surface area contributed by atoms with Crippen LogP contribution in [0.3, 0.4) is 0 Å². The minimum atomic E-state index is 0.0301. The number of nitrogens with zero attached hydrogens (tertiary/aromatic N) is 1. The third-order valence-electron chi connectivity index (χ3n) is 4.75. The summed E-state index contributed by atoms with van der Waals surface area (Å²) in [5, 5.41) is 1.04. The molecule has 0 saturated heterocycles. The van der Waals surface area contributed by atoms with Crippen molar-refractivity contribution in [2.45, 2.75) is 19.4 Å². The first-order chi connectivity index (χ1) is 13.3. The van der Waals surface area contributed by atoms with Gasteiger partial charge in [-0.3, -0.25) is 4.79 Å². The van der Waals surface area contributed by atoms with Crippen molar-refractivity contribution in [1.82, 2.24) is 9.88 Å². The molecule has 4 nitrogen and oxygen atoms in total. The molecule has 27 heavy (non-hydrogen) atoms. The number of rotatable bonds is 7. The molecule has 136 valence electrons. The van der Waals surface area contributed by atoms with E-state index < -0.39 is 0 Å². The smallest absolute Gasteiger partial charge is 0.254 e. The van der Waals surface area contributed by atoms with Crippen LogP contribution in [0.4, 0.5) is 0 Å². The van der Waals surface area contributed by atoms with Gasteiger partial charge < -0.3 is 14.3 Å². The first-order valence-electron chi connectivity index (χ1n) is 9.22. The third kappa shape index (κ3) is 4.11. The Morgan fingerprint density at radius 2 is 1.89 bits per heavy atom. The zero-order chi connectivity index (χ0) is 18.5. The molecule has 0 unspecified atom stereocenters. The second-order valence-corrected chi connectivity index (χ2v) is 6.67. The third-order valence-corrected chi connectivity index (χ3v) is 4.75. The van der Waals surface area contributed by atoms with E-state index in [2.05, 4.69) is 17.1 Å². The minimum absolute atomic E-state index is 0.0301. The molecular weight excluding hydrogens is 336 g/mol. The van der Waals surface area contributed by atoms with Gasteiger partial charge in [-0.05, 0) is 54.8 Å². The van der Waals surface area contributed by atoms with Gasteiger partial charge in [0.1, 0.15) is 5.76 Å². The van der Waals surface area contributed by atoms with Gasteiger partial charge in [0, 0.05) is 29.2 Å². The second-order valence-electron chi connectivity index (χ2n) is 6.67. The molecule has 0 aliphatic carbocycles. The number of benzene rings is 2. The highest BCUT2D eigenvalue weighted by Crippen LogP contribution is 2.18. The monoisotopic (exact) mass is 358 g/mol. The topological polar surface area (TPSA) is 49.2 Å². The van der Waals surface area contributed by atoms with Crippen LogP contribution >= 0.6 is 0 Å². The van der Waals surface area contributed by atoms with Crippen LogP contribution in [0.5, 0.6) is 0 Å². The van der Waals surface area contributed by atoms with E-state index >= 15 is 0 Å². The van der Waals surface area contributed by atoms with E-state index in [1.54, 1.807) is 6.26 Å². The summed E-state index contributed by atoms with van der Waals surface area (Å²) in [6.07, 6.45) is 5.38. The van der Waals surface area contributed by atoms with Crippen LogP contribution in [0.15, 0.2) is 83.6 Å². The summed E-state index contributed by atoms with van der Waals surface area (Å²) in [6, 6.07) is 21.9. The highest BCUT2D eigenvalue weighted by Gasteiger charge is 2.17. The van der Waals surface area contributed by atoms with Crippen molar-refractivity contribution < 1.29 is 9.21 Å². The second kappa shape index (κ2) is 7.96. The zero-order valence-electron chi connectivity index (χ0n) is 15.1. The molecular formula is C23H22N2O2. The molecule has 0 fully saturated rings. The van der Waals surface area contributed by atoms with Crippen molar-refractivity contribution in [1.29, 1.82) is 0 Å². The Labute approximate surface area is 158 Å². The predicted molar refractivity (Wildman–Crippen MR) is 107 cm³/mol. The first kappa shape index (κ1) is 17.2. The number of H-pyrrole nitrogens is 1. The van der Waals surface area contributed by atoms with Crippen LogP contribution in [0.25, 0.3) is 10.9 Å². The van der Waals surface area contributed by atoms with E-state index in [9.17, 15) is 4.79 Å². The van der Waals surface area contributed by atoms with Gasteiger partial charge in [0.2, 0.25) is 0 Å². The van der Waals surface area contributed by atoms with Gasteiger partial charge in [-0.2, -0.15) is 0 Å². The number of nitrogens with one attached hydrogen (secondary N) is 1. The molecule has 0 aliphatic rings. The van der Waals surface area contributed by atoms with E-state index in [1.807, 2.05) is 65.7 Å². The van der Waals surface area contributed by atoms with Gasteiger partial charge in [0.05, 0.1) is 12.8 Å². The summed E-state index contributed by atoms with van der Waals surface area (Å²) in [5.41, 5.74) is 3.03. The molecule has 0 bridgehead atoms. The summed E-state index contributed by atoms with van der Waals surface area (Å²) in [7, 11) is 0. The molecule has 0 atom stereocenters. The number of hydrogen-bond donors (Lipinski definition) is 1. The molecule has 1 N–H and O–H groups in total. The molecule has 0 saturated carbocycles. The summed E-state index contributed by atoms with van der Waals surface area (Å²) in [4.78, 5) is 18.2. The van der Waals surface area contributed by atoms with Crippen LogP contribution in [-0.4, -0.2) is 22.3 Å². The number of aromatic amines is 1. The van der Waals surface area contributed by atoms with Crippen molar-refractivity contribution >= 4 is 16.8 Å². The zero-order valence-corrected chi connectivity index (χ0v) is 15.1. The van der Waals surface area contributed by atoms with Crippen molar-refractivity contribution in [3.8, 4) is 0 Å². The molecule has 2 aromatic heterocycles. The molecule has 0 aliphatic heterocycles. The molecule has 0 radical (unpaired) electrons. The lowest BCUT2D eigenvalue weighted by Crippen LogP contribution is -2.31. The lowest BCUT2D eigenvalue weighted by Gasteiger charge is -2.22. The number of fused-ring (bicyclic) bond motifs is 1. The van der Waals surface area contributed by atoms with Gasteiger partial charge >= 0.3 is 0 Å². The number of aromatic nitrogens is 1. The highest BCUT2D eigenvalue weighted by atomic mass is 16.3. The first-order valence-corrected chi connectivity index (χ1v) is 9.22. The van der Waals surface area contributed by atoms with Gasteiger partial charge in [-0.1, -0.05) is 30.3 Å². The van der Waals surface area contributed by atoms with E-state index in [0.29, 0.717) is 18.7 Å². The number of furan rings is 1. The molecule has 2 aromatic carbocycles. The summed E-state index contributed by atoms with van der Waals surface area (Å²) < 4.78 is 5.47. The van der Waals surface area contributed by atoms with Crippen molar-refractivity contribution in [2.75, 3.05) is 6.54 Å². The van der Waals surface area contributed by atoms with Gasteiger partial charge in [-0.25, -0.2) is 0 Å². The Bertz CT molecular complexity index is 1000. The lowest BCUT2D eigenvalue weighted by molar-refractivity contribution is 0.0729. The number of amides is 1. The summed E-state index contributed by atoms with van der Waals surface area (Å²) in [5.74, 6) is 0.827. The van der Waals surface area contributed by atoms with Crippen molar-refractivity contribution in [2.24, 2.45) is 0 Å². The number of carbonyl (C=O) groups is 1. The molecule has 2 heterocycles. The lowest BCUT2D eigenvalue weighted by atomic mass is 10.1. The Morgan fingerprint density at radius 1 is 1.00 bits per heavy atom. The fourth-order valence-corrected chi connectivity index (χ4v) is 3.33. The number of carbonyl (C=O) groups excluding carboxylic acids is 1. The van der Waals surface area contributed by atoms with E-state index in [0.717, 1.165) is 29.5 Å². The average Bonchev–Trinajstić information content (AvgIpc) is 3.38. The fourth-order valence-electron chi connectivity index (χ4n) is 3.33. The molecule has 1 amide bonds. The van der Waals surface area contributed by atoms with Crippen LogP contribution in [0.1, 0.15) is 28.1 Å².